The Morgan fingerprint density at radius 3 is 2.18 bits per heavy atom. The van der Waals surface area contributed by atoms with E-state index in [0.29, 0.717) is 0 Å². The Balaban J connectivity index is 1.98. The van der Waals surface area contributed by atoms with Crippen LogP contribution in [-0.4, -0.2) is 24.7 Å². The van der Waals surface area contributed by atoms with Gasteiger partial charge in [0.1, 0.15) is 0 Å². The maximum Gasteiger partial charge on any atom is 0.436 e. The van der Waals surface area contributed by atoms with E-state index in [2.05, 4.69) is 9.82 Å². The molecule has 0 fully saturated rings. The van der Waals surface area contributed by atoms with Crippen molar-refractivity contribution in [3.8, 4) is 0 Å². The molecule has 0 aliphatic rings. The van der Waals surface area contributed by atoms with E-state index in [1.54, 1.807) is 12.1 Å². The first-order valence-electron chi connectivity index (χ1n) is 8.64. The Labute approximate surface area is 167 Å². The summed E-state index contributed by atoms with van der Waals surface area (Å²) in [5.74, 6) is 0. The van der Waals surface area contributed by atoms with E-state index < -0.39 is 26.9 Å². The van der Waals surface area contributed by atoms with Crippen molar-refractivity contribution in [2.24, 2.45) is 0 Å². The lowest BCUT2D eigenvalue weighted by atomic mass is 9.87. The van der Waals surface area contributed by atoms with Crippen LogP contribution in [-0.2, 0) is 28.2 Å². The monoisotopic (exact) mass is 437 g/mol. The molecule has 0 aliphatic carbocycles. The highest BCUT2D eigenvalue weighted by molar-refractivity contribution is 7.89. The van der Waals surface area contributed by atoms with Crippen molar-refractivity contribution >= 4 is 21.6 Å². The van der Waals surface area contributed by atoms with E-state index in [1.165, 1.54) is 19.1 Å². The number of sulfonamides is 1. The third kappa shape index (κ3) is 5.27. The minimum absolute atomic E-state index is 0.0572. The highest BCUT2D eigenvalue weighted by atomic mass is 35.5. The fourth-order valence-electron chi connectivity index (χ4n) is 2.58. The summed E-state index contributed by atoms with van der Waals surface area (Å²) in [6.45, 7) is 7.69. The van der Waals surface area contributed by atoms with Gasteiger partial charge in [0.15, 0.2) is 5.69 Å². The van der Waals surface area contributed by atoms with Crippen LogP contribution in [0.1, 0.15) is 44.1 Å². The van der Waals surface area contributed by atoms with Crippen LogP contribution in [0.25, 0.3) is 0 Å². The van der Waals surface area contributed by atoms with Gasteiger partial charge in [0.2, 0.25) is 10.0 Å². The second-order valence-electron chi connectivity index (χ2n) is 7.49. The van der Waals surface area contributed by atoms with Crippen molar-refractivity contribution in [1.82, 2.24) is 14.5 Å². The van der Waals surface area contributed by atoms with Crippen LogP contribution >= 0.6 is 11.6 Å². The molecule has 1 aromatic heterocycles. The molecule has 0 bridgehead atoms. The lowest BCUT2D eigenvalue weighted by molar-refractivity contribution is -0.141. The van der Waals surface area contributed by atoms with Crippen LogP contribution < -0.4 is 4.72 Å². The molecule has 28 heavy (non-hydrogen) atoms. The normalized spacial score (nSPS) is 13.1. The molecule has 0 aliphatic heterocycles. The molecule has 0 atom stereocenters. The zero-order chi connectivity index (χ0) is 21.3. The molecule has 0 saturated heterocycles. The smallest absolute Gasteiger partial charge is 0.268 e. The van der Waals surface area contributed by atoms with Crippen LogP contribution in [0, 0.1) is 6.92 Å². The summed E-state index contributed by atoms with van der Waals surface area (Å²) < 4.78 is 66.8. The van der Waals surface area contributed by atoms with Gasteiger partial charge in [-0.3, -0.25) is 4.68 Å². The summed E-state index contributed by atoms with van der Waals surface area (Å²) in [5, 5.41) is 3.05. The first-order valence-corrected chi connectivity index (χ1v) is 10.5. The van der Waals surface area contributed by atoms with Gasteiger partial charge in [-0.25, -0.2) is 13.1 Å². The van der Waals surface area contributed by atoms with Crippen molar-refractivity contribution in [3.05, 3.63) is 46.2 Å². The molecule has 2 rings (SSSR count). The van der Waals surface area contributed by atoms with Crippen LogP contribution in [0.4, 0.5) is 13.2 Å². The lowest BCUT2D eigenvalue weighted by Crippen LogP contribution is -2.26. The molecule has 0 amide bonds. The predicted molar refractivity (Wildman–Crippen MR) is 102 cm³/mol. The van der Waals surface area contributed by atoms with E-state index in [-0.39, 0.29) is 35.5 Å². The molecular weight excluding hydrogens is 415 g/mol. The summed E-state index contributed by atoms with van der Waals surface area (Å²) in [4.78, 5) is 0.137. The molecule has 156 valence electrons. The van der Waals surface area contributed by atoms with Crippen molar-refractivity contribution in [3.63, 3.8) is 0 Å². The van der Waals surface area contributed by atoms with Gasteiger partial charge in [-0.2, -0.15) is 18.3 Å². The van der Waals surface area contributed by atoms with Gasteiger partial charge in [-0.1, -0.05) is 44.5 Å². The molecule has 1 N–H and O–H groups in total. The SMILES string of the molecule is Cc1c(Cl)c(C(F)(F)F)nn1CCCNS(=O)(=O)c1ccc(C(C)(C)C)cc1. The lowest BCUT2D eigenvalue weighted by Gasteiger charge is -2.19. The van der Waals surface area contributed by atoms with Crippen molar-refractivity contribution in [2.45, 2.75) is 57.1 Å². The summed E-state index contributed by atoms with van der Waals surface area (Å²) in [6.07, 6.45) is -4.37. The third-order valence-corrected chi connectivity index (χ3v) is 6.20. The topological polar surface area (TPSA) is 64.0 Å². The number of rotatable bonds is 6. The molecule has 10 heteroatoms. The van der Waals surface area contributed by atoms with Crippen molar-refractivity contribution in [1.29, 1.82) is 0 Å². The molecule has 2 aromatic rings. The van der Waals surface area contributed by atoms with E-state index in [1.807, 2.05) is 20.8 Å². The van der Waals surface area contributed by atoms with Gasteiger partial charge in [0.05, 0.1) is 15.6 Å². The molecular formula is C18H23ClF3N3O2S. The van der Waals surface area contributed by atoms with Crippen molar-refractivity contribution in [2.75, 3.05) is 6.54 Å². The average molecular weight is 438 g/mol. The summed E-state index contributed by atoms with van der Waals surface area (Å²) in [5.41, 5.74) is -0.0211. The number of aryl methyl sites for hydroxylation is 1. The van der Waals surface area contributed by atoms with E-state index in [4.69, 9.17) is 11.6 Å². The van der Waals surface area contributed by atoms with Gasteiger partial charge in [0.25, 0.3) is 0 Å². The molecule has 1 heterocycles. The second kappa shape index (κ2) is 8.04. The number of alkyl halides is 3. The maximum absolute atomic E-state index is 12.8. The summed E-state index contributed by atoms with van der Waals surface area (Å²) in [7, 11) is -3.70. The number of aromatic nitrogens is 2. The Morgan fingerprint density at radius 1 is 1.14 bits per heavy atom. The van der Waals surface area contributed by atoms with Gasteiger partial charge in [-0.15, -0.1) is 0 Å². The maximum atomic E-state index is 12.8. The van der Waals surface area contributed by atoms with Crippen molar-refractivity contribution < 1.29 is 21.6 Å². The van der Waals surface area contributed by atoms with Gasteiger partial charge >= 0.3 is 6.18 Å². The Bertz CT molecular complexity index is 931. The quantitative estimate of drug-likeness (QED) is 0.675. The summed E-state index contributed by atoms with van der Waals surface area (Å²) in [6, 6.07) is 6.61. The van der Waals surface area contributed by atoms with Crippen LogP contribution in [0.5, 0.6) is 0 Å². The minimum atomic E-state index is -4.63. The van der Waals surface area contributed by atoms with Crippen LogP contribution in [0.15, 0.2) is 29.2 Å². The number of nitrogens with one attached hydrogen (secondary N) is 1. The number of nitrogens with zero attached hydrogens (tertiary/aromatic N) is 2. The Morgan fingerprint density at radius 2 is 1.71 bits per heavy atom. The third-order valence-electron chi connectivity index (χ3n) is 4.27. The number of halogens is 4. The standard InChI is InChI=1S/C18H23ClF3N3O2S/c1-12-15(19)16(18(20,21)22)24-25(12)11-5-10-23-28(26,27)14-8-6-13(7-9-14)17(2,3)4/h6-9,23H,5,10-11H2,1-4H3. The largest absolute Gasteiger partial charge is 0.436 e. The fraction of sp³-hybridized carbons (Fsp3) is 0.500. The molecule has 0 unspecified atom stereocenters. The van der Waals surface area contributed by atoms with Crippen LogP contribution in [0.2, 0.25) is 5.02 Å². The van der Waals surface area contributed by atoms with E-state index >= 15 is 0 Å². The average Bonchev–Trinajstić information content (AvgIpc) is 2.86. The Hall–Kier alpha value is -1.58. The molecule has 1 aromatic carbocycles. The number of benzene rings is 1. The Kier molecular flexibility index (Phi) is 6.52. The zero-order valence-corrected chi connectivity index (χ0v) is 17.6. The molecule has 0 spiro atoms. The second-order valence-corrected chi connectivity index (χ2v) is 9.64. The first-order chi connectivity index (χ1) is 12.7. The van der Waals surface area contributed by atoms with Gasteiger partial charge < -0.3 is 0 Å². The minimum Gasteiger partial charge on any atom is -0.268 e. The molecule has 0 radical (unpaired) electrons. The van der Waals surface area contributed by atoms with Crippen LogP contribution in [0.3, 0.4) is 0 Å². The van der Waals surface area contributed by atoms with E-state index in [9.17, 15) is 21.6 Å². The van der Waals surface area contributed by atoms with Gasteiger partial charge in [0, 0.05) is 13.1 Å². The first kappa shape index (κ1) is 22.7. The predicted octanol–water partition coefficient (Wildman–Crippen LogP) is 4.53. The highest BCUT2D eigenvalue weighted by Crippen LogP contribution is 2.35. The molecule has 5 nitrogen and oxygen atoms in total. The zero-order valence-electron chi connectivity index (χ0n) is 16.1. The highest BCUT2D eigenvalue weighted by Gasteiger charge is 2.38. The van der Waals surface area contributed by atoms with E-state index in [0.717, 1.165) is 10.2 Å². The summed E-state index contributed by atoms with van der Waals surface area (Å²) >= 11 is 5.69. The molecule has 0 saturated carbocycles. The number of hydrogen-bond donors (Lipinski definition) is 1. The fourth-order valence-corrected chi connectivity index (χ4v) is 3.89. The van der Waals surface area contributed by atoms with Gasteiger partial charge in [-0.05, 0) is 36.5 Å². The number of hydrogen-bond acceptors (Lipinski definition) is 3.